The average Bonchev–Trinajstić information content (AvgIpc) is 2.47. The van der Waals surface area contributed by atoms with E-state index < -0.39 is 5.41 Å². The lowest BCUT2D eigenvalue weighted by Gasteiger charge is -2.39. The first-order valence-corrected chi connectivity index (χ1v) is 7.63. The minimum absolute atomic E-state index is 0.0967. The first-order chi connectivity index (χ1) is 9.82. The molecule has 1 aliphatic rings. The van der Waals surface area contributed by atoms with Crippen LogP contribution in [-0.2, 0) is 10.2 Å². The van der Waals surface area contributed by atoms with E-state index in [0.717, 1.165) is 31.5 Å². The van der Waals surface area contributed by atoms with Crippen molar-refractivity contribution in [1.82, 2.24) is 4.90 Å². The van der Waals surface area contributed by atoms with Crippen LogP contribution in [0.5, 0.6) is 0 Å². The summed E-state index contributed by atoms with van der Waals surface area (Å²) in [6.07, 6.45) is 2.08. The van der Waals surface area contributed by atoms with Crippen molar-refractivity contribution in [3.05, 3.63) is 35.6 Å². The minimum Gasteiger partial charge on any atom is -0.342 e. The van der Waals surface area contributed by atoms with Gasteiger partial charge in [-0.3, -0.25) is 4.79 Å². The number of piperidine rings is 1. The lowest BCUT2D eigenvalue weighted by molar-refractivity contribution is -0.138. The van der Waals surface area contributed by atoms with E-state index in [9.17, 15) is 9.18 Å². The topological polar surface area (TPSA) is 46.3 Å². The number of hydrogen-bond donors (Lipinski definition) is 1. The Kier molecular flexibility index (Phi) is 4.67. The lowest BCUT2D eigenvalue weighted by atomic mass is 9.82. The number of amides is 1. The van der Waals surface area contributed by atoms with Gasteiger partial charge in [0.15, 0.2) is 0 Å². The Morgan fingerprint density at radius 3 is 2.57 bits per heavy atom. The van der Waals surface area contributed by atoms with Crippen molar-refractivity contribution in [3.63, 3.8) is 0 Å². The standard InChI is InChI=1S/C17H25FN2O/c1-12(19)13-5-4-10-20(11-13)16(21)17(2,3)14-6-8-15(18)9-7-14/h6-9,12-13H,4-5,10-11,19H2,1-3H3. The van der Waals surface area contributed by atoms with Gasteiger partial charge in [-0.1, -0.05) is 12.1 Å². The van der Waals surface area contributed by atoms with Gasteiger partial charge in [-0.2, -0.15) is 0 Å². The Morgan fingerprint density at radius 2 is 2.00 bits per heavy atom. The summed E-state index contributed by atoms with van der Waals surface area (Å²) in [5.74, 6) is 0.183. The second kappa shape index (κ2) is 6.14. The number of carbonyl (C=O) groups excluding carboxylic acids is 1. The van der Waals surface area contributed by atoms with Gasteiger partial charge in [0.1, 0.15) is 5.82 Å². The van der Waals surface area contributed by atoms with E-state index in [-0.39, 0.29) is 17.8 Å². The van der Waals surface area contributed by atoms with Gasteiger partial charge in [-0.15, -0.1) is 0 Å². The molecule has 116 valence electrons. The minimum atomic E-state index is -0.645. The van der Waals surface area contributed by atoms with E-state index in [0.29, 0.717) is 5.92 Å². The third-order valence-corrected chi connectivity index (χ3v) is 4.59. The summed E-state index contributed by atoms with van der Waals surface area (Å²) < 4.78 is 13.1. The highest BCUT2D eigenvalue weighted by Crippen LogP contribution is 2.29. The number of nitrogens with zero attached hydrogens (tertiary/aromatic N) is 1. The summed E-state index contributed by atoms with van der Waals surface area (Å²) in [5, 5.41) is 0. The summed E-state index contributed by atoms with van der Waals surface area (Å²) in [7, 11) is 0. The van der Waals surface area contributed by atoms with Gasteiger partial charge in [0.25, 0.3) is 0 Å². The summed E-state index contributed by atoms with van der Waals surface area (Å²) in [4.78, 5) is 14.8. The molecule has 0 aromatic heterocycles. The maximum absolute atomic E-state index is 13.1. The second-order valence-electron chi connectivity index (χ2n) is 6.64. The van der Waals surface area contributed by atoms with Crippen molar-refractivity contribution in [2.75, 3.05) is 13.1 Å². The van der Waals surface area contributed by atoms with Crippen LogP contribution in [0.2, 0.25) is 0 Å². The zero-order valence-electron chi connectivity index (χ0n) is 13.1. The molecule has 0 spiro atoms. The van der Waals surface area contributed by atoms with E-state index in [1.54, 1.807) is 12.1 Å². The van der Waals surface area contributed by atoms with Crippen molar-refractivity contribution in [2.24, 2.45) is 11.7 Å². The van der Waals surface area contributed by atoms with Gasteiger partial charge in [0.2, 0.25) is 5.91 Å². The first-order valence-electron chi connectivity index (χ1n) is 7.63. The fourth-order valence-corrected chi connectivity index (χ4v) is 3.01. The molecule has 3 nitrogen and oxygen atoms in total. The van der Waals surface area contributed by atoms with Gasteiger partial charge in [0, 0.05) is 19.1 Å². The molecule has 1 aromatic carbocycles. The first kappa shape index (κ1) is 16.0. The van der Waals surface area contributed by atoms with Gasteiger partial charge >= 0.3 is 0 Å². The van der Waals surface area contributed by atoms with Crippen LogP contribution < -0.4 is 5.73 Å². The van der Waals surface area contributed by atoms with Gasteiger partial charge in [-0.05, 0) is 57.2 Å². The molecule has 2 atom stereocenters. The third-order valence-electron chi connectivity index (χ3n) is 4.59. The van der Waals surface area contributed by atoms with Crippen LogP contribution in [0, 0.1) is 11.7 Å². The normalized spacial score (nSPS) is 21.2. The molecule has 0 saturated carbocycles. The third kappa shape index (κ3) is 3.43. The van der Waals surface area contributed by atoms with Gasteiger partial charge in [-0.25, -0.2) is 4.39 Å². The van der Waals surface area contributed by atoms with Crippen LogP contribution >= 0.6 is 0 Å². The molecule has 21 heavy (non-hydrogen) atoms. The van der Waals surface area contributed by atoms with Crippen LogP contribution in [0.25, 0.3) is 0 Å². The van der Waals surface area contributed by atoms with E-state index in [1.165, 1.54) is 12.1 Å². The van der Waals surface area contributed by atoms with Crippen molar-refractivity contribution in [3.8, 4) is 0 Å². The fraction of sp³-hybridized carbons (Fsp3) is 0.588. The molecule has 1 aliphatic heterocycles. The zero-order valence-corrected chi connectivity index (χ0v) is 13.1. The van der Waals surface area contributed by atoms with E-state index in [2.05, 4.69) is 0 Å². The molecule has 2 unspecified atom stereocenters. The molecule has 4 heteroatoms. The number of likely N-dealkylation sites (tertiary alicyclic amines) is 1. The highest BCUT2D eigenvalue weighted by atomic mass is 19.1. The van der Waals surface area contributed by atoms with E-state index >= 15 is 0 Å². The number of hydrogen-bond acceptors (Lipinski definition) is 2. The largest absolute Gasteiger partial charge is 0.342 e. The van der Waals surface area contributed by atoms with Crippen LogP contribution in [-0.4, -0.2) is 29.9 Å². The number of nitrogens with two attached hydrogens (primary N) is 1. The maximum Gasteiger partial charge on any atom is 0.232 e. The molecule has 1 aromatic rings. The van der Waals surface area contributed by atoms with Gasteiger partial charge < -0.3 is 10.6 Å². The summed E-state index contributed by atoms with van der Waals surface area (Å²) >= 11 is 0. The Balaban J connectivity index is 2.15. The monoisotopic (exact) mass is 292 g/mol. The van der Waals surface area contributed by atoms with Crippen molar-refractivity contribution >= 4 is 5.91 Å². The number of rotatable bonds is 3. The molecule has 0 aliphatic carbocycles. The average molecular weight is 292 g/mol. The molecule has 1 heterocycles. The Morgan fingerprint density at radius 1 is 1.38 bits per heavy atom. The molecule has 2 N–H and O–H groups in total. The van der Waals surface area contributed by atoms with E-state index in [4.69, 9.17) is 5.73 Å². The number of carbonyl (C=O) groups is 1. The predicted octanol–water partition coefficient (Wildman–Crippen LogP) is 2.69. The van der Waals surface area contributed by atoms with Crippen LogP contribution in [0.1, 0.15) is 39.2 Å². The van der Waals surface area contributed by atoms with Crippen molar-refractivity contribution in [2.45, 2.75) is 45.1 Å². The molecule has 1 fully saturated rings. The molecule has 1 amide bonds. The molecular formula is C17H25FN2O. The van der Waals surface area contributed by atoms with Gasteiger partial charge in [0.05, 0.1) is 5.41 Å². The fourth-order valence-electron chi connectivity index (χ4n) is 3.01. The predicted molar refractivity (Wildman–Crippen MR) is 82.4 cm³/mol. The van der Waals surface area contributed by atoms with E-state index in [1.807, 2.05) is 25.7 Å². The summed E-state index contributed by atoms with van der Waals surface area (Å²) in [6, 6.07) is 6.31. The zero-order chi connectivity index (χ0) is 15.6. The Bertz CT molecular complexity index is 496. The van der Waals surface area contributed by atoms with Crippen molar-refractivity contribution in [1.29, 1.82) is 0 Å². The smallest absolute Gasteiger partial charge is 0.232 e. The Labute approximate surface area is 126 Å². The van der Waals surface area contributed by atoms with Crippen LogP contribution in [0.15, 0.2) is 24.3 Å². The molecule has 0 radical (unpaired) electrons. The maximum atomic E-state index is 13.1. The summed E-state index contributed by atoms with van der Waals surface area (Å²) in [6.45, 7) is 7.31. The van der Waals surface area contributed by atoms with Crippen LogP contribution in [0.3, 0.4) is 0 Å². The molecule has 1 saturated heterocycles. The SMILES string of the molecule is CC(N)C1CCCN(C(=O)C(C)(C)c2ccc(F)cc2)C1. The van der Waals surface area contributed by atoms with Crippen molar-refractivity contribution < 1.29 is 9.18 Å². The summed E-state index contributed by atoms with van der Waals surface area (Å²) in [5.41, 5.74) is 6.19. The quantitative estimate of drug-likeness (QED) is 0.931. The lowest BCUT2D eigenvalue weighted by Crippen LogP contribution is -2.50. The molecular weight excluding hydrogens is 267 g/mol. The highest BCUT2D eigenvalue weighted by molar-refractivity contribution is 5.87. The molecule has 0 bridgehead atoms. The number of benzene rings is 1. The molecule has 2 rings (SSSR count). The number of halogens is 1. The Hall–Kier alpha value is -1.42. The van der Waals surface area contributed by atoms with Crippen LogP contribution in [0.4, 0.5) is 4.39 Å². The second-order valence-corrected chi connectivity index (χ2v) is 6.64. The highest BCUT2D eigenvalue weighted by Gasteiger charge is 2.36.